The number of rotatable bonds is 6. The van der Waals surface area contributed by atoms with E-state index in [4.69, 9.17) is 4.74 Å². The first-order valence-corrected chi connectivity index (χ1v) is 12.2. The first kappa shape index (κ1) is 22.0. The lowest BCUT2D eigenvalue weighted by atomic mass is 9.90. The zero-order valence-corrected chi connectivity index (χ0v) is 18.9. The van der Waals surface area contributed by atoms with Crippen LogP contribution in [0.15, 0.2) is 24.3 Å². The summed E-state index contributed by atoms with van der Waals surface area (Å²) in [7, 11) is 1.64. The zero-order chi connectivity index (χ0) is 21.6. The zero-order valence-electron chi connectivity index (χ0n) is 18.1. The minimum Gasteiger partial charge on any atom is -0.497 e. The Morgan fingerprint density at radius 2 is 1.94 bits per heavy atom. The van der Waals surface area contributed by atoms with E-state index in [2.05, 4.69) is 15.5 Å². The van der Waals surface area contributed by atoms with Gasteiger partial charge in [-0.2, -0.15) is 0 Å². The van der Waals surface area contributed by atoms with Crippen molar-refractivity contribution in [3.63, 3.8) is 0 Å². The van der Waals surface area contributed by atoms with Crippen molar-refractivity contribution in [3.05, 3.63) is 34.8 Å². The number of nitrogens with one attached hydrogen (secondary N) is 1. The molecule has 1 aromatic heterocycles. The molecule has 2 aliphatic carbocycles. The quantitative estimate of drug-likeness (QED) is 0.659. The van der Waals surface area contributed by atoms with Gasteiger partial charge in [0.15, 0.2) is 0 Å². The number of aromatic nitrogens is 2. The molecule has 2 saturated carbocycles. The number of aliphatic hydroxyl groups excluding tert-OH is 1. The molecule has 0 spiro atoms. The van der Waals surface area contributed by atoms with Gasteiger partial charge in [0.25, 0.3) is 0 Å². The van der Waals surface area contributed by atoms with Crippen molar-refractivity contribution >= 4 is 22.5 Å². The molecule has 0 saturated heterocycles. The van der Waals surface area contributed by atoms with Crippen molar-refractivity contribution in [2.45, 2.75) is 82.4 Å². The molecule has 2 amide bonds. The van der Waals surface area contributed by atoms with E-state index in [1.807, 2.05) is 29.2 Å². The van der Waals surface area contributed by atoms with E-state index >= 15 is 0 Å². The van der Waals surface area contributed by atoms with Crippen LogP contribution in [0.4, 0.5) is 9.93 Å². The maximum Gasteiger partial charge on any atom is 0.324 e. The Bertz CT molecular complexity index is 860. The Labute approximate surface area is 187 Å². The summed E-state index contributed by atoms with van der Waals surface area (Å²) >= 11 is 1.50. The molecule has 0 atom stereocenters. The van der Waals surface area contributed by atoms with Crippen molar-refractivity contribution < 1.29 is 14.6 Å². The molecule has 2 aromatic rings. The van der Waals surface area contributed by atoms with Crippen LogP contribution in [0.3, 0.4) is 0 Å². The third-order valence-corrected chi connectivity index (χ3v) is 7.47. The molecule has 0 aliphatic heterocycles. The Morgan fingerprint density at radius 1 is 1.16 bits per heavy atom. The Hall–Kier alpha value is -2.19. The van der Waals surface area contributed by atoms with Crippen LogP contribution in [-0.4, -0.2) is 45.5 Å². The fourth-order valence-electron chi connectivity index (χ4n) is 4.67. The molecule has 31 heavy (non-hydrogen) atoms. The lowest BCUT2D eigenvalue weighted by molar-refractivity contribution is 0.0849. The van der Waals surface area contributed by atoms with Crippen LogP contribution < -0.4 is 10.1 Å². The topological polar surface area (TPSA) is 87.6 Å². The number of carbonyl (C=O) groups is 1. The number of amides is 2. The number of anilines is 1. The summed E-state index contributed by atoms with van der Waals surface area (Å²) < 4.78 is 5.34. The van der Waals surface area contributed by atoms with Gasteiger partial charge in [-0.3, -0.25) is 5.32 Å². The molecule has 1 heterocycles. The largest absolute Gasteiger partial charge is 0.497 e. The molecular formula is C23H32N4O3S. The van der Waals surface area contributed by atoms with Gasteiger partial charge in [0.05, 0.1) is 13.2 Å². The lowest BCUT2D eigenvalue weighted by Crippen LogP contribution is -2.44. The molecule has 0 bridgehead atoms. The predicted octanol–water partition coefficient (Wildman–Crippen LogP) is 4.93. The maximum atomic E-state index is 13.3. The Morgan fingerprint density at radius 3 is 2.68 bits per heavy atom. The summed E-state index contributed by atoms with van der Waals surface area (Å²) in [6.07, 6.45) is 8.87. The van der Waals surface area contributed by atoms with E-state index in [-0.39, 0.29) is 18.2 Å². The molecule has 8 heteroatoms. The fourth-order valence-corrected chi connectivity index (χ4v) is 5.57. The number of ether oxygens (including phenoxy) is 1. The number of methoxy groups -OCH3 is 1. The summed E-state index contributed by atoms with van der Waals surface area (Å²) in [4.78, 5) is 15.2. The van der Waals surface area contributed by atoms with Crippen molar-refractivity contribution in [2.75, 3.05) is 12.4 Å². The number of hydrogen-bond acceptors (Lipinski definition) is 6. The SMILES string of the molecule is COc1cccc(CN(C(=O)Nc2nnc(C3CCCCC3)s2)C2CCC(O)CC2)c1. The molecule has 7 nitrogen and oxygen atoms in total. The first-order chi connectivity index (χ1) is 15.1. The second-order valence-electron chi connectivity index (χ2n) is 8.65. The van der Waals surface area contributed by atoms with Crippen LogP contribution in [0.2, 0.25) is 0 Å². The average Bonchev–Trinajstić information content (AvgIpc) is 3.27. The molecular weight excluding hydrogens is 412 g/mol. The van der Waals surface area contributed by atoms with Crippen molar-refractivity contribution in [1.29, 1.82) is 0 Å². The predicted molar refractivity (Wildman–Crippen MR) is 122 cm³/mol. The van der Waals surface area contributed by atoms with Crippen molar-refractivity contribution in [3.8, 4) is 5.75 Å². The normalized spacial score (nSPS) is 22.1. The first-order valence-electron chi connectivity index (χ1n) is 11.3. The number of aliphatic hydroxyl groups is 1. The minimum absolute atomic E-state index is 0.0836. The highest BCUT2D eigenvalue weighted by atomic mass is 32.1. The molecule has 1 aromatic carbocycles. The van der Waals surface area contributed by atoms with Gasteiger partial charge in [0, 0.05) is 18.5 Å². The Kier molecular flexibility index (Phi) is 7.40. The van der Waals surface area contributed by atoms with E-state index in [1.165, 1.54) is 30.6 Å². The van der Waals surface area contributed by atoms with Crippen molar-refractivity contribution in [1.82, 2.24) is 15.1 Å². The summed E-state index contributed by atoms with van der Waals surface area (Å²) in [5.74, 6) is 1.25. The van der Waals surface area contributed by atoms with Gasteiger partial charge >= 0.3 is 6.03 Å². The highest BCUT2D eigenvalue weighted by Crippen LogP contribution is 2.35. The van der Waals surface area contributed by atoms with Crippen LogP contribution in [-0.2, 0) is 6.54 Å². The van der Waals surface area contributed by atoms with Gasteiger partial charge in [-0.25, -0.2) is 4.79 Å². The number of urea groups is 1. The number of carbonyl (C=O) groups excluding carboxylic acids is 1. The lowest BCUT2D eigenvalue weighted by Gasteiger charge is -2.35. The maximum absolute atomic E-state index is 13.3. The average molecular weight is 445 g/mol. The summed E-state index contributed by atoms with van der Waals surface area (Å²) in [6, 6.07) is 7.74. The van der Waals surface area contributed by atoms with Gasteiger partial charge in [0.2, 0.25) is 5.13 Å². The molecule has 4 rings (SSSR count). The number of nitrogens with zero attached hydrogens (tertiary/aromatic N) is 3. The van der Waals surface area contributed by atoms with Crippen LogP contribution in [0.1, 0.15) is 74.3 Å². The second kappa shape index (κ2) is 10.4. The smallest absolute Gasteiger partial charge is 0.324 e. The van der Waals surface area contributed by atoms with Crippen LogP contribution in [0, 0.1) is 0 Å². The van der Waals surface area contributed by atoms with Crippen molar-refractivity contribution in [2.24, 2.45) is 0 Å². The summed E-state index contributed by atoms with van der Waals surface area (Å²) in [5, 5.41) is 23.1. The molecule has 0 unspecified atom stereocenters. The monoisotopic (exact) mass is 444 g/mol. The third-order valence-electron chi connectivity index (χ3n) is 6.46. The molecule has 2 fully saturated rings. The standard InChI is InChI=1S/C23H32N4O3S/c1-30-20-9-5-6-16(14-20)15-27(18-10-12-19(28)13-11-18)23(29)24-22-26-25-21(31-22)17-7-3-2-4-8-17/h5-6,9,14,17-19,28H,2-4,7-8,10-13,15H2,1H3,(H,24,26,29). The van der Waals surface area contributed by atoms with Gasteiger partial charge in [0.1, 0.15) is 10.8 Å². The molecule has 2 aliphatic rings. The van der Waals surface area contributed by atoms with E-state index in [0.717, 1.165) is 54.8 Å². The Balaban J connectivity index is 1.47. The minimum atomic E-state index is -0.265. The van der Waals surface area contributed by atoms with Gasteiger partial charge in [-0.05, 0) is 56.2 Å². The van der Waals surface area contributed by atoms with E-state index < -0.39 is 0 Å². The molecule has 2 N–H and O–H groups in total. The number of hydrogen-bond donors (Lipinski definition) is 2. The van der Waals surface area contributed by atoms with Gasteiger partial charge in [-0.15, -0.1) is 10.2 Å². The molecule has 0 radical (unpaired) electrons. The van der Waals surface area contributed by atoms with E-state index in [1.54, 1.807) is 7.11 Å². The highest BCUT2D eigenvalue weighted by molar-refractivity contribution is 7.15. The fraction of sp³-hybridized carbons (Fsp3) is 0.609. The van der Waals surface area contributed by atoms with E-state index in [0.29, 0.717) is 17.6 Å². The molecule has 168 valence electrons. The van der Waals surface area contributed by atoms with Gasteiger partial charge in [-0.1, -0.05) is 42.7 Å². The number of benzene rings is 1. The third kappa shape index (κ3) is 5.74. The van der Waals surface area contributed by atoms with Crippen LogP contribution in [0.25, 0.3) is 0 Å². The summed E-state index contributed by atoms with van der Waals surface area (Å²) in [5.41, 5.74) is 1.01. The second-order valence-corrected chi connectivity index (χ2v) is 9.66. The van der Waals surface area contributed by atoms with Gasteiger partial charge < -0.3 is 14.7 Å². The van der Waals surface area contributed by atoms with Crippen LogP contribution in [0.5, 0.6) is 5.75 Å². The summed E-state index contributed by atoms with van der Waals surface area (Å²) in [6.45, 7) is 0.484. The van der Waals surface area contributed by atoms with Crippen LogP contribution >= 0.6 is 11.3 Å². The van der Waals surface area contributed by atoms with E-state index in [9.17, 15) is 9.90 Å². The highest BCUT2D eigenvalue weighted by Gasteiger charge is 2.29.